The second kappa shape index (κ2) is 10.0. The minimum atomic E-state index is -4.53. The molecule has 186 valence electrons. The first-order valence-electron chi connectivity index (χ1n) is 11.3. The molecule has 1 aromatic carbocycles. The first-order valence-corrected chi connectivity index (χ1v) is 11.3. The summed E-state index contributed by atoms with van der Waals surface area (Å²) in [7, 11) is 1.65. The van der Waals surface area contributed by atoms with Crippen LogP contribution in [0.4, 0.5) is 18.9 Å². The number of hydrogen-bond donors (Lipinski definition) is 1. The topological polar surface area (TPSA) is 95.6 Å². The number of alkyl halides is 3. The van der Waals surface area contributed by atoms with E-state index in [2.05, 4.69) is 15.1 Å². The maximum atomic E-state index is 14.0. The van der Waals surface area contributed by atoms with E-state index in [0.29, 0.717) is 17.8 Å². The van der Waals surface area contributed by atoms with Gasteiger partial charge in [-0.15, -0.1) is 0 Å². The Hall–Kier alpha value is -3.47. The highest BCUT2D eigenvalue weighted by atomic mass is 19.4. The molecule has 8 nitrogen and oxygen atoms in total. The van der Waals surface area contributed by atoms with Crippen molar-refractivity contribution >= 4 is 11.7 Å². The fourth-order valence-electron chi connectivity index (χ4n) is 4.33. The van der Waals surface area contributed by atoms with Crippen molar-refractivity contribution in [1.82, 2.24) is 20.0 Å². The predicted octanol–water partition coefficient (Wildman–Crippen LogP) is 4.71. The molecular weight excluding hydrogens is 463 g/mol. The average Bonchev–Trinajstić information content (AvgIpc) is 3.28. The van der Waals surface area contributed by atoms with Crippen molar-refractivity contribution in [2.45, 2.75) is 44.9 Å². The number of carbonyl (C=O) groups is 1. The highest BCUT2D eigenvalue weighted by molar-refractivity contribution is 5.69. The quantitative estimate of drug-likeness (QED) is 0.510. The number of carboxylic acid groups (broad SMARTS) is 1. The summed E-state index contributed by atoms with van der Waals surface area (Å²) in [6, 6.07) is 7.48. The van der Waals surface area contributed by atoms with Gasteiger partial charge in [0.2, 0.25) is 5.82 Å². The summed E-state index contributed by atoms with van der Waals surface area (Å²) in [5.74, 6) is -0.776. The summed E-state index contributed by atoms with van der Waals surface area (Å²) in [4.78, 5) is 22.8. The summed E-state index contributed by atoms with van der Waals surface area (Å²) < 4.78 is 47.3. The molecule has 2 aromatic heterocycles. The summed E-state index contributed by atoms with van der Waals surface area (Å²) in [6.07, 6.45) is -0.282. The molecule has 1 atom stereocenters. The van der Waals surface area contributed by atoms with Crippen LogP contribution in [0.2, 0.25) is 0 Å². The SMILES string of the molecule is CC1CCCCN1c1ccc(-c2nc(-c3ccnc(CN(C)CC(=O)O)c3)no2)cc1C(F)(F)F. The third kappa shape index (κ3) is 5.79. The van der Waals surface area contributed by atoms with Gasteiger partial charge in [-0.2, -0.15) is 18.2 Å². The molecule has 0 saturated carbocycles. The molecule has 1 unspecified atom stereocenters. The van der Waals surface area contributed by atoms with Crippen molar-refractivity contribution in [2.24, 2.45) is 0 Å². The van der Waals surface area contributed by atoms with Gasteiger partial charge in [0.05, 0.1) is 17.8 Å². The van der Waals surface area contributed by atoms with E-state index in [9.17, 15) is 18.0 Å². The van der Waals surface area contributed by atoms with E-state index in [4.69, 9.17) is 9.63 Å². The van der Waals surface area contributed by atoms with Gasteiger partial charge in [0.15, 0.2) is 0 Å². The van der Waals surface area contributed by atoms with Gasteiger partial charge in [-0.3, -0.25) is 14.7 Å². The Morgan fingerprint density at radius 1 is 1.23 bits per heavy atom. The smallest absolute Gasteiger partial charge is 0.418 e. The second-order valence-electron chi connectivity index (χ2n) is 8.79. The van der Waals surface area contributed by atoms with Crippen molar-refractivity contribution in [1.29, 1.82) is 0 Å². The first kappa shape index (κ1) is 24.6. The Labute approximate surface area is 200 Å². The Bertz CT molecular complexity index is 1200. The van der Waals surface area contributed by atoms with Gasteiger partial charge in [0.1, 0.15) is 0 Å². The summed E-state index contributed by atoms with van der Waals surface area (Å²) in [5.41, 5.74) is 0.772. The van der Waals surface area contributed by atoms with E-state index < -0.39 is 17.7 Å². The third-order valence-corrected chi connectivity index (χ3v) is 6.00. The highest BCUT2D eigenvalue weighted by Crippen LogP contribution is 2.41. The lowest BCUT2D eigenvalue weighted by Crippen LogP contribution is -2.38. The van der Waals surface area contributed by atoms with Gasteiger partial charge >= 0.3 is 12.1 Å². The molecule has 0 bridgehead atoms. The van der Waals surface area contributed by atoms with Crippen molar-refractivity contribution in [2.75, 3.05) is 25.0 Å². The molecule has 1 N–H and O–H groups in total. The number of pyridine rings is 1. The zero-order valence-electron chi connectivity index (χ0n) is 19.4. The Kier molecular flexibility index (Phi) is 7.06. The molecule has 0 aliphatic carbocycles. The van der Waals surface area contributed by atoms with Crippen LogP contribution >= 0.6 is 0 Å². The normalized spacial score (nSPS) is 16.6. The first-order chi connectivity index (χ1) is 16.6. The molecule has 0 radical (unpaired) electrons. The molecule has 4 rings (SSSR count). The van der Waals surface area contributed by atoms with Crippen LogP contribution in [0.5, 0.6) is 0 Å². The minimum absolute atomic E-state index is 0.0231. The number of rotatable bonds is 7. The van der Waals surface area contributed by atoms with E-state index in [1.807, 2.05) is 11.8 Å². The molecular formula is C24H26F3N5O3. The highest BCUT2D eigenvalue weighted by Gasteiger charge is 2.37. The van der Waals surface area contributed by atoms with Gasteiger partial charge in [0.25, 0.3) is 5.89 Å². The van der Waals surface area contributed by atoms with E-state index in [-0.39, 0.29) is 42.1 Å². The number of carboxylic acids is 1. The van der Waals surface area contributed by atoms with Gasteiger partial charge < -0.3 is 14.5 Å². The molecule has 3 heterocycles. The lowest BCUT2D eigenvalue weighted by molar-refractivity contribution is -0.138. The Morgan fingerprint density at radius 3 is 2.74 bits per heavy atom. The van der Waals surface area contributed by atoms with Gasteiger partial charge in [-0.05, 0) is 63.6 Å². The lowest BCUT2D eigenvalue weighted by atomic mass is 9.99. The summed E-state index contributed by atoms with van der Waals surface area (Å²) in [5, 5.41) is 12.8. The van der Waals surface area contributed by atoms with Crippen LogP contribution in [-0.2, 0) is 17.5 Å². The summed E-state index contributed by atoms with van der Waals surface area (Å²) in [6.45, 7) is 2.67. The van der Waals surface area contributed by atoms with Crippen LogP contribution in [0.25, 0.3) is 22.8 Å². The number of halogens is 3. The van der Waals surface area contributed by atoms with E-state index in [1.54, 1.807) is 30.1 Å². The summed E-state index contributed by atoms with van der Waals surface area (Å²) >= 11 is 0. The fraction of sp³-hybridized carbons (Fsp3) is 0.417. The number of anilines is 1. The zero-order chi connectivity index (χ0) is 25.2. The fourth-order valence-corrected chi connectivity index (χ4v) is 4.33. The van der Waals surface area contributed by atoms with Gasteiger partial charge in [0, 0.05) is 42.1 Å². The molecule has 1 fully saturated rings. The molecule has 0 spiro atoms. The van der Waals surface area contributed by atoms with Crippen LogP contribution in [-0.4, -0.2) is 57.3 Å². The number of hydrogen-bond acceptors (Lipinski definition) is 7. The van der Waals surface area contributed by atoms with Crippen molar-refractivity contribution < 1.29 is 27.6 Å². The monoisotopic (exact) mass is 489 g/mol. The zero-order valence-corrected chi connectivity index (χ0v) is 19.4. The molecule has 1 saturated heterocycles. The number of aliphatic carboxylic acids is 1. The number of likely N-dealkylation sites (N-methyl/N-ethyl adjacent to an activating group) is 1. The molecule has 1 aliphatic rings. The maximum absolute atomic E-state index is 14.0. The van der Waals surface area contributed by atoms with E-state index in [1.165, 1.54) is 12.3 Å². The Balaban J connectivity index is 1.61. The molecule has 35 heavy (non-hydrogen) atoms. The van der Waals surface area contributed by atoms with Crippen LogP contribution in [0.15, 0.2) is 41.1 Å². The lowest BCUT2D eigenvalue weighted by Gasteiger charge is -2.37. The van der Waals surface area contributed by atoms with Crippen LogP contribution in [0.1, 0.15) is 37.4 Å². The molecule has 1 aliphatic heterocycles. The van der Waals surface area contributed by atoms with Crippen LogP contribution in [0.3, 0.4) is 0 Å². The molecule has 3 aromatic rings. The number of benzene rings is 1. The predicted molar refractivity (Wildman–Crippen MR) is 123 cm³/mol. The van der Waals surface area contributed by atoms with Crippen molar-refractivity contribution in [3.05, 3.63) is 47.8 Å². The average molecular weight is 489 g/mol. The van der Waals surface area contributed by atoms with Crippen molar-refractivity contribution in [3.8, 4) is 22.8 Å². The molecule has 0 amide bonds. The third-order valence-electron chi connectivity index (χ3n) is 6.00. The standard InChI is InChI=1S/C24H26F3N5O3/c1-15-5-3-4-10-32(15)20-7-6-17(12-19(20)24(25,26)27)23-29-22(30-35-23)16-8-9-28-18(11-16)13-31(2)14-21(33)34/h6-9,11-12,15H,3-5,10,13-14H2,1-2H3,(H,33,34). The van der Waals surface area contributed by atoms with E-state index >= 15 is 0 Å². The largest absolute Gasteiger partial charge is 0.480 e. The maximum Gasteiger partial charge on any atom is 0.418 e. The van der Waals surface area contributed by atoms with E-state index in [0.717, 1.165) is 25.3 Å². The Morgan fingerprint density at radius 2 is 2.03 bits per heavy atom. The van der Waals surface area contributed by atoms with Crippen LogP contribution < -0.4 is 4.90 Å². The van der Waals surface area contributed by atoms with Crippen molar-refractivity contribution in [3.63, 3.8) is 0 Å². The van der Waals surface area contributed by atoms with Crippen LogP contribution in [0, 0.1) is 0 Å². The second-order valence-corrected chi connectivity index (χ2v) is 8.79. The van der Waals surface area contributed by atoms with Gasteiger partial charge in [-0.25, -0.2) is 0 Å². The number of piperidine rings is 1. The number of aromatic nitrogens is 3. The minimum Gasteiger partial charge on any atom is -0.480 e. The number of nitrogens with zero attached hydrogens (tertiary/aromatic N) is 5. The van der Waals surface area contributed by atoms with Gasteiger partial charge in [-0.1, -0.05) is 5.16 Å². The molecule has 11 heteroatoms.